The van der Waals surface area contributed by atoms with Gasteiger partial charge in [-0.3, -0.25) is 9.69 Å². The van der Waals surface area contributed by atoms with Crippen LogP contribution < -0.4 is 9.64 Å². The van der Waals surface area contributed by atoms with Crippen molar-refractivity contribution in [3.8, 4) is 23.8 Å². The first-order valence-electron chi connectivity index (χ1n) is 8.26. The number of aliphatic carboxylic acids is 1. The monoisotopic (exact) mass is 353 g/mol. The molecule has 1 aliphatic carbocycles. The third-order valence-electron chi connectivity index (χ3n) is 4.72. The van der Waals surface area contributed by atoms with Crippen molar-refractivity contribution in [3.63, 3.8) is 0 Å². The number of nitrogens with zero attached hydrogens (tertiary/aromatic N) is 3. The summed E-state index contributed by atoms with van der Waals surface area (Å²) in [5, 5.41) is 14.2. The van der Waals surface area contributed by atoms with Crippen molar-refractivity contribution in [3.05, 3.63) is 36.5 Å². The zero-order valence-electron chi connectivity index (χ0n) is 14.4. The van der Waals surface area contributed by atoms with Crippen molar-refractivity contribution >= 4 is 17.7 Å². The van der Waals surface area contributed by atoms with Gasteiger partial charge in [-0.1, -0.05) is 12.8 Å². The number of rotatable bonds is 5. The second-order valence-corrected chi connectivity index (χ2v) is 6.15. The lowest BCUT2D eigenvalue weighted by Gasteiger charge is -2.34. The van der Waals surface area contributed by atoms with Crippen molar-refractivity contribution in [1.29, 1.82) is 0 Å². The third-order valence-corrected chi connectivity index (χ3v) is 4.72. The van der Waals surface area contributed by atoms with Crippen LogP contribution in [0.5, 0.6) is 5.75 Å². The Morgan fingerprint density at radius 1 is 1.27 bits per heavy atom. The van der Waals surface area contributed by atoms with E-state index in [1.807, 2.05) is 18.1 Å². The number of anilines is 1. The van der Waals surface area contributed by atoms with Crippen molar-refractivity contribution in [2.75, 3.05) is 12.0 Å². The number of hydrogen-bond donors (Lipinski definition) is 1. The van der Waals surface area contributed by atoms with Crippen LogP contribution in [0.25, 0.3) is 5.69 Å². The van der Waals surface area contributed by atoms with Crippen molar-refractivity contribution in [2.24, 2.45) is 0 Å². The number of aromatic nitrogens is 2. The van der Waals surface area contributed by atoms with Gasteiger partial charge in [0.05, 0.1) is 12.8 Å². The minimum atomic E-state index is -1.34. The molecule has 7 heteroatoms. The van der Waals surface area contributed by atoms with Gasteiger partial charge in [0.25, 0.3) is 0 Å². The molecule has 1 fully saturated rings. The van der Waals surface area contributed by atoms with Crippen LogP contribution in [0, 0.1) is 12.3 Å². The Morgan fingerprint density at radius 3 is 2.46 bits per heavy atom. The number of carboxylic acid groups (broad SMARTS) is 1. The number of amides is 1. The van der Waals surface area contributed by atoms with E-state index in [1.165, 1.54) is 0 Å². The van der Waals surface area contributed by atoms with E-state index in [4.69, 9.17) is 11.2 Å². The highest BCUT2D eigenvalue weighted by molar-refractivity contribution is 6.09. The first-order chi connectivity index (χ1) is 12.5. The summed E-state index contributed by atoms with van der Waals surface area (Å²) in [6.45, 7) is 0. The van der Waals surface area contributed by atoms with E-state index in [2.05, 4.69) is 5.10 Å². The van der Waals surface area contributed by atoms with Crippen LogP contribution in [0.4, 0.5) is 5.82 Å². The average molecular weight is 353 g/mol. The fourth-order valence-electron chi connectivity index (χ4n) is 3.39. The second kappa shape index (κ2) is 6.92. The van der Waals surface area contributed by atoms with Gasteiger partial charge in [0, 0.05) is 12.3 Å². The van der Waals surface area contributed by atoms with Crippen LogP contribution in [-0.2, 0) is 9.59 Å². The molecule has 0 radical (unpaired) electrons. The van der Waals surface area contributed by atoms with Crippen LogP contribution in [0.3, 0.4) is 0 Å². The molecule has 1 aliphatic rings. The number of methoxy groups -OCH3 is 1. The molecule has 134 valence electrons. The molecule has 26 heavy (non-hydrogen) atoms. The topological polar surface area (TPSA) is 84.7 Å². The quantitative estimate of drug-likeness (QED) is 0.834. The maximum atomic E-state index is 12.4. The number of hydrogen-bond acceptors (Lipinski definition) is 4. The first-order valence-corrected chi connectivity index (χ1v) is 8.26. The van der Waals surface area contributed by atoms with Gasteiger partial charge in [0.15, 0.2) is 5.82 Å². The Balaban J connectivity index is 2.01. The molecule has 1 amide bonds. The molecular weight excluding hydrogens is 334 g/mol. The molecule has 7 nitrogen and oxygen atoms in total. The van der Waals surface area contributed by atoms with Crippen molar-refractivity contribution < 1.29 is 19.4 Å². The van der Waals surface area contributed by atoms with Crippen LogP contribution in [0.15, 0.2) is 36.5 Å². The Morgan fingerprint density at radius 2 is 1.92 bits per heavy atom. The fraction of sp³-hybridized carbons (Fsp3) is 0.316. The molecule has 1 heterocycles. The number of ether oxygens (including phenoxy) is 1. The maximum Gasteiger partial charge on any atom is 0.330 e. The number of terminal acetylenes is 1. The van der Waals surface area contributed by atoms with Gasteiger partial charge in [0.1, 0.15) is 11.3 Å². The van der Waals surface area contributed by atoms with Crippen molar-refractivity contribution in [1.82, 2.24) is 9.78 Å². The molecule has 1 N–H and O–H groups in total. The number of carbonyl (C=O) groups excluding carboxylic acids is 1. The summed E-state index contributed by atoms with van der Waals surface area (Å²) in [5.74, 6) is 1.22. The SMILES string of the molecule is C#CC(=O)N(c1ccn(-c2ccc(OC)cc2)n1)C1(C(=O)O)CCCC1. The summed E-state index contributed by atoms with van der Waals surface area (Å²) in [7, 11) is 1.58. The lowest BCUT2D eigenvalue weighted by Crippen LogP contribution is -2.56. The van der Waals surface area contributed by atoms with Gasteiger partial charge in [-0.2, -0.15) is 0 Å². The smallest absolute Gasteiger partial charge is 0.330 e. The summed E-state index contributed by atoms with van der Waals surface area (Å²) in [6.07, 6.45) is 9.12. The number of benzene rings is 1. The summed E-state index contributed by atoms with van der Waals surface area (Å²) >= 11 is 0. The van der Waals surface area contributed by atoms with Gasteiger partial charge in [-0.25, -0.2) is 9.48 Å². The van der Waals surface area contributed by atoms with Crippen LogP contribution in [0.2, 0.25) is 0 Å². The van der Waals surface area contributed by atoms with Gasteiger partial charge in [0.2, 0.25) is 0 Å². The molecule has 1 aromatic heterocycles. The van der Waals surface area contributed by atoms with Gasteiger partial charge in [-0.05, 0) is 43.0 Å². The van der Waals surface area contributed by atoms with E-state index >= 15 is 0 Å². The largest absolute Gasteiger partial charge is 0.497 e. The third kappa shape index (κ3) is 2.90. The minimum Gasteiger partial charge on any atom is -0.497 e. The summed E-state index contributed by atoms with van der Waals surface area (Å²) in [6, 6.07) is 8.80. The fourth-order valence-corrected chi connectivity index (χ4v) is 3.39. The number of carbonyl (C=O) groups is 2. The minimum absolute atomic E-state index is 0.230. The molecule has 0 spiro atoms. The van der Waals surface area contributed by atoms with Crippen LogP contribution in [-0.4, -0.2) is 39.4 Å². The molecule has 3 rings (SSSR count). The highest BCUT2D eigenvalue weighted by Gasteiger charge is 2.50. The van der Waals surface area contributed by atoms with E-state index in [1.54, 1.807) is 36.2 Å². The van der Waals surface area contributed by atoms with Crippen LogP contribution in [0.1, 0.15) is 25.7 Å². The number of carboxylic acids is 1. The van der Waals surface area contributed by atoms with E-state index in [-0.39, 0.29) is 5.82 Å². The Hall–Kier alpha value is -3.27. The lowest BCUT2D eigenvalue weighted by molar-refractivity contribution is -0.144. The lowest BCUT2D eigenvalue weighted by atomic mass is 9.95. The highest BCUT2D eigenvalue weighted by atomic mass is 16.5. The maximum absolute atomic E-state index is 12.4. The molecular formula is C19H19N3O4. The predicted molar refractivity (Wildman–Crippen MR) is 95.3 cm³/mol. The second-order valence-electron chi connectivity index (χ2n) is 6.15. The van der Waals surface area contributed by atoms with Crippen LogP contribution >= 0.6 is 0 Å². The normalized spacial score (nSPS) is 15.2. The molecule has 0 unspecified atom stereocenters. The molecule has 1 saturated carbocycles. The molecule has 2 aromatic rings. The Labute approximate surface area is 151 Å². The highest BCUT2D eigenvalue weighted by Crippen LogP contribution is 2.38. The standard InChI is InChI=1S/C19H19N3O4/c1-3-17(23)22(19(18(24)25)11-4-5-12-19)16-10-13-21(20-16)14-6-8-15(26-2)9-7-14/h1,6-10,13H,4-5,11-12H2,2H3,(H,24,25). The van der Waals surface area contributed by atoms with Gasteiger partial charge < -0.3 is 9.84 Å². The average Bonchev–Trinajstić information content (AvgIpc) is 3.33. The molecule has 0 bridgehead atoms. The Kier molecular flexibility index (Phi) is 4.67. The zero-order chi connectivity index (χ0) is 18.7. The first kappa shape index (κ1) is 17.5. The molecule has 0 aliphatic heterocycles. The summed E-state index contributed by atoms with van der Waals surface area (Å²) < 4.78 is 6.70. The van der Waals surface area contributed by atoms with E-state index in [9.17, 15) is 14.7 Å². The molecule has 0 saturated heterocycles. The van der Waals surface area contributed by atoms with Gasteiger partial charge >= 0.3 is 11.9 Å². The summed E-state index contributed by atoms with van der Waals surface area (Å²) in [4.78, 5) is 25.5. The van der Waals surface area contributed by atoms with E-state index < -0.39 is 17.4 Å². The Bertz CT molecular complexity index is 858. The zero-order valence-corrected chi connectivity index (χ0v) is 14.4. The van der Waals surface area contributed by atoms with Crippen molar-refractivity contribution in [2.45, 2.75) is 31.2 Å². The molecule has 0 atom stereocenters. The van der Waals surface area contributed by atoms with E-state index in [0.717, 1.165) is 23.4 Å². The predicted octanol–water partition coefficient (Wildman–Crippen LogP) is 2.24. The summed E-state index contributed by atoms with van der Waals surface area (Å²) in [5.41, 5.74) is -0.594. The van der Waals surface area contributed by atoms with Gasteiger partial charge in [-0.15, -0.1) is 11.5 Å². The van der Waals surface area contributed by atoms with E-state index in [0.29, 0.717) is 18.6 Å². The molecule has 1 aromatic carbocycles.